The molecule has 3 atom stereocenters. The Kier molecular flexibility index (Phi) is 19.4. The number of hydrogen-bond acceptors (Lipinski definition) is 6. The molecule has 0 fully saturated rings. The van der Waals surface area contributed by atoms with Crippen molar-refractivity contribution in [3.8, 4) is 6.07 Å². The topological polar surface area (TPSA) is 83.7 Å². The Bertz CT molecular complexity index is 717. The molecular formula is C26H42BrN5O. The van der Waals surface area contributed by atoms with Crippen molar-refractivity contribution in [1.82, 2.24) is 15.5 Å². The van der Waals surface area contributed by atoms with E-state index in [1.54, 1.807) is 30.5 Å². The van der Waals surface area contributed by atoms with E-state index in [0.29, 0.717) is 4.61 Å². The number of halogens is 1. The molecule has 0 rings (SSSR count). The number of nitrogens with one attached hydrogen (secondary N) is 2. The largest absolute Gasteiger partial charge is 0.384 e. The van der Waals surface area contributed by atoms with Crippen molar-refractivity contribution in [3.63, 3.8) is 0 Å². The van der Waals surface area contributed by atoms with Gasteiger partial charge in [0.1, 0.15) is 16.8 Å². The molecule has 184 valence electrons. The lowest BCUT2D eigenvalue weighted by atomic mass is 10.0. The molecule has 6 nitrogen and oxygen atoms in total. The van der Waals surface area contributed by atoms with Crippen LogP contribution in [-0.2, 0) is 0 Å². The predicted molar refractivity (Wildman–Crippen MR) is 145 cm³/mol. The van der Waals surface area contributed by atoms with Gasteiger partial charge in [0.25, 0.3) is 0 Å². The Morgan fingerprint density at radius 2 is 2.03 bits per heavy atom. The van der Waals surface area contributed by atoms with Crippen molar-refractivity contribution in [2.45, 2.75) is 59.2 Å². The van der Waals surface area contributed by atoms with Crippen LogP contribution in [0.25, 0.3) is 0 Å². The van der Waals surface area contributed by atoms with Gasteiger partial charge in [0.15, 0.2) is 0 Å². The fourth-order valence-electron chi connectivity index (χ4n) is 3.15. The first kappa shape index (κ1) is 31.0. The number of rotatable bonds is 18. The van der Waals surface area contributed by atoms with E-state index in [1.807, 2.05) is 13.0 Å². The molecule has 0 bridgehead atoms. The molecule has 0 aromatic carbocycles. The van der Waals surface area contributed by atoms with Crippen molar-refractivity contribution in [2.24, 2.45) is 10.9 Å². The first-order valence-electron chi connectivity index (χ1n) is 11.8. The van der Waals surface area contributed by atoms with Crippen LogP contribution >= 0.6 is 15.9 Å². The van der Waals surface area contributed by atoms with Gasteiger partial charge < -0.3 is 15.3 Å². The molecule has 0 heterocycles. The molecule has 0 saturated heterocycles. The summed E-state index contributed by atoms with van der Waals surface area (Å²) in [5, 5.41) is 26.8. The van der Waals surface area contributed by atoms with E-state index in [9.17, 15) is 10.4 Å². The number of nitrogens with zero attached hydrogens (tertiary/aromatic N) is 3. The van der Waals surface area contributed by atoms with Gasteiger partial charge in [-0.15, -0.1) is 0 Å². The van der Waals surface area contributed by atoms with Gasteiger partial charge in [0, 0.05) is 31.0 Å². The van der Waals surface area contributed by atoms with Crippen LogP contribution in [0.5, 0.6) is 0 Å². The third-order valence-corrected chi connectivity index (χ3v) is 5.48. The molecule has 0 spiro atoms. The summed E-state index contributed by atoms with van der Waals surface area (Å²) in [4.78, 5) is 6.52. The van der Waals surface area contributed by atoms with E-state index in [2.05, 4.69) is 82.0 Å². The first-order valence-corrected chi connectivity index (χ1v) is 12.6. The van der Waals surface area contributed by atoms with Crippen molar-refractivity contribution in [3.05, 3.63) is 59.4 Å². The number of aliphatic hydroxyl groups is 1. The molecule has 0 aromatic heterocycles. The summed E-state index contributed by atoms with van der Waals surface area (Å²) in [5.41, 5.74) is 1.08. The van der Waals surface area contributed by atoms with Crippen LogP contribution in [0.3, 0.4) is 0 Å². The summed E-state index contributed by atoms with van der Waals surface area (Å²) in [6.45, 7) is 16.0. The molecule has 0 saturated carbocycles. The quantitative estimate of drug-likeness (QED) is 0.102. The SMILES string of the molecule is C=C/C=C(/Br)N=CC=CC(C#N)C(O)NC(C/C=C(\C=C/C)NCCN(CC)CC)CCC. The van der Waals surface area contributed by atoms with Crippen LogP contribution in [0, 0.1) is 17.2 Å². The number of aliphatic hydroxyl groups excluding tert-OH is 1. The Morgan fingerprint density at radius 3 is 2.61 bits per heavy atom. The second-order valence-electron chi connectivity index (χ2n) is 7.49. The molecule has 0 aliphatic carbocycles. The van der Waals surface area contributed by atoms with Crippen LogP contribution in [0.15, 0.2) is 64.4 Å². The maximum Gasteiger partial charge on any atom is 0.124 e. The second kappa shape index (κ2) is 20.6. The number of likely N-dealkylation sites (N-methyl/N-ethyl adjacent to an activating group) is 1. The Labute approximate surface area is 209 Å². The van der Waals surface area contributed by atoms with Gasteiger partial charge >= 0.3 is 0 Å². The lowest BCUT2D eigenvalue weighted by Crippen LogP contribution is -2.42. The van der Waals surface area contributed by atoms with Gasteiger partial charge in [-0.2, -0.15) is 5.26 Å². The molecule has 3 unspecified atom stereocenters. The zero-order chi connectivity index (χ0) is 24.9. The second-order valence-corrected chi connectivity index (χ2v) is 8.30. The van der Waals surface area contributed by atoms with E-state index in [0.717, 1.165) is 51.1 Å². The Morgan fingerprint density at radius 1 is 1.30 bits per heavy atom. The Hall–Kier alpha value is -1.98. The fourth-order valence-corrected chi connectivity index (χ4v) is 3.46. The molecule has 0 aromatic rings. The van der Waals surface area contributed by atoms with Crippen LogP contribution in [0.4, 0.5) is 0 Å². The molecule has 33 heavy (non-hydrogen) atoms. The van der Waals surface area contributed by atoms with Gasteiger partial charge in [-0.25, -0.2) is 4.99 Å². The van der Waals surface area contributed by atoms with Crippen molar-refractivity contribution < 1.29 is 5.11 Å². The molecule has 0 aliphatic heterocycles. The average molecular weight is 521 g/mol. The van der Waals surface area contributed by atoms with E-state index in [1.165, 1.54) is 0 Å². The summed E-state index contributed by atoms with van der Waals surface area (Å²) in [7, 11) is 0. The monoisotopic (exact) mass is 519 g/mol. The summed E-state index contributed by atoms with van der Waals surface area (Å²) < 4.78 is 0.631. The van der Waals surface area contributed by atoms with Crippen molar-refractivity contribution in [2.75, 3.05) is 26.2 Å². The lowest BCUT2D eigenvalue weighted by Gasteiger charge is -2.23. The minimum absolute atomic E-state index is 0.0671. The highest BCUT2D eigenvalue weighted by Crippen LogP contribution is 2.11. The van der Waals surface area contributed by atoms with E-state index in [4.69, 9.17) is 0 Å². The maximum atomic E-state index is 10.6. The molecule has 3 N–H and O–H groups in total. The Balaban J connectivity index is 5.03. The summed E-state index contributed by atoms with van der Waals surface area (Å²) >= 11 is 3.28. The van der Waals surface area contributed by atoms with E-state index in [-0.39, 0.29) is 6.04 Å². The van der Waals surface area contributed by atoms with Crippen LogP contribution in [-0.4, -0.2) is 54.7 Å². The maximum absolute atomic E-state index is 10.6. The minimum atomic E-state index is -0.961. The van der Waals surface area contributed by atoms with Gasteiger partial charge in [-0.05, 0) is 67.0 Å². The lowest BCUT2D eigenvalue weighted by molar-refractivity contribution is 0.0989. The molecule has 0 amide bonds. The van der Waals surface area contributed by atoms with Gasteiger partial charge in [0.2, 0.25) is 0 Å². The first-order chi connectivity index (χ1) is 15.9. The van der Waals surface area contributed by atoms with Gasteiger partial charge in [-0.3, -0.25) is 5.32 Å². The highest BCUT2D eigenvalue weighted by atomic mass is 79.9. The summed E-state index contributed by atoms with van der Waals surface area (Å²) in [6, 6.07) is 2.22. The van der Waals surface area contributed by atoms with Gasteiger partial charge in [-0.1, -0.05) is 58.1 Å². The van der Waals surface area contributed by atoms with Crippen LogP contribution in [0.2, 0.25) is 0 Å². The van der Waals surface area contributed by atoms with Crippen LogP contribution < -0.4 is 10.6 Å². The molecule has 7 heteroatoms. The van der Waals surface area contributed by atoms with E-state index < -0.39 is 12.1 Å². The number of hydrogen-bond donors (Lipinski definition) is 3. The highest BCUT2D eigenvalue weighted by Gasteiger charge is 2.19. The van der Waals surface area contributed by atoms with Crippen molar-refractivity contribution >= 4 is 22.1 Å². The fraction of sp³-hybridized carbons (Fsp3) is 0.538. The number of aliphatic imine (C=N–C) groups is 1. The molecule has 0 radical (unpaired) electrons. The van der Waals surface area contributed by atoms with Crippen LogP contribution in [0.1, 0.15) is 47.0 Å². The minimum Gasteiger partial charge on any atom is -0.384 e. The number of allylic oxidation sites excluding steroid dienone is 5. The van der Waals surface area contributed by atoms with E-state index >= 15 is 0 Å². The van der Waals surface area contributed by atoms with Crippen molar-refractivity contribution in [1.29, 1.82) is 5.26 Å². The third kappa shape index (κ3) is 15.5. The van der Waals surface area contributed by atoms with Gasteiger partial charge in [0.05, 0.1) is 6.07 Å². The zero-order valence-corrected chi connectivity index (χ0v) is 22.3. The zero-order valence-electron chi connectivity index (χ0n) is 20.7. The molecular weight excluding hydrogens is 478 g/mol. The highest BCUT2D eigenvalue weighted by molar-refractivity contribution is 9.11. The third-order valence-electron chi connectivity index (χ3n) is 5.01. The smallest absolute Gasteiger partial charge is 0.124 e. The standard InChI is InChI=1S/C26H42BrN5O/c1-6-12-23(29-19-20-32(9-4)10-5)16-17-24(13-7-2)31-26(33)22(21-28)15-11-18-30-25(27)14-8-3/h6,8,11-12,14-16,18,22,24,26,29,31,33H,3,7,9-10,13,17,19-20H2,1-2,4-5H3/b12-6-,15-11?,23-16+,25-14-,30-18?. The predicted octanol–water partition coefficient (Wildman–Crippen LogP) is 5.03. The number of nitriles is 1. The normalized spacial score (nSPS) is 15.9. The summed E-state index contributed by atoms with van der Waals surface area (Å²) in [5.74, 6) is -0.677. The molecule has 0 aliphatic rings. The summed E-state index contributed by atoms with van der Waals surface area (Å²) in [6.07, 6.45) is 16.2. The average Bonchev–Trinajstić information content (AvgIpc) is 2.80.